The number of rotatable bonds is 4. The minimum absolute atomic E-state index is 0.119. The molecule has 0 aliphatic carbocycles. The molecule has 0 radical (unpaired) electrons. The number of nitrogens with zero attached hydrogens (tertiary/aromatic N) is 3. The fourth-order valence-electron chi connectivity index (χ4n) is 1.42. The Morgan fingerprint density at radius 3 is 2.76 bits per heavy atom. The van der Waals surface area contributed by atoms with E-state index in [4.69, 9.17) is 10.5 Å². The van der Waals surface area contributed by atoms with Crippen LogP contribution in [0, 0.1) is 0 Å². The van der Waals surface area contributed by atoms with Crippen LogP contribution in [0.3, 0.4) is 0 Å². The smallest absolute Gasteiger partial charge is 0.138 e. The quantitative estimate of drug-likeness (QED) is 0.895. The first-order chi connectivity index (χ1) is 8.16. The zero-order valence-corrected chi connectivity index (χ0v) is 10.5. The molecular weight excluding hydrogens is 236 g/mol. The van der Waals surface area contributed by atoms with Crippen LogP contribution in [-0.4, -0.2) is 20.7 Å². The fourth-order valence-corrected chi connectivity index (χ4v) is 1.95. The van der Waals surface area contributed by atoms with Crippen molar-refractivity contribution in [2.24, 2.45) is 5.73 Å². The molecule has 6 heteroatoms. The van der Waals surface area contributed by atoms with E-state index in [-0.39, 0.29) is 12.1 Å². The summed E-state index contributed by atoms with van der Waals surface area (Å²) in [4.78, 5) is 5.04. The Balaban J connectivity index is 2.21. The Morgan fingerprint density at radius 1 is 1.29 bits per heavy atom. The number of ether oxygens (including phenoxy) is 1. The zero-order valence-electron chi connectivity index (χ0n) is 9.70. The van der Waals surface area contributed by atoms with Gasteiger partial charge in [-0.15, -0.1) is 5.10 Å². The van der Waals surface area contributed by atoms with Crippen LogP contribution < -0.4 is 10.5 Å². The number of aromatic nitrogens is 3. The summed E-state index contributed by atoms with van der Waals surface area (Å²) in [5.41, 5.74) is 6.99. The van der Waals surface area contributed by atoms with Crippen LogP contribution in [0.4, 0.5) is 0 Å². The Bertz CT molecular complexity index is 472. The van der Waals surface area contributed by atoms with E-state index >= 15 is 0 Å². The van der Waals surface area contributed by atoms with Crippen LogP contribution in [-0.2, 0) is 0 Å². The molecule has 0 aliphatic heterocycles. The van der Waals surface area contributed by atoms with Crippen LogP contribution >= 0.6 is 11.5 Å². The number of hydrogen-bond donors (Lipinski definition) is 1. The van der Waals surface area contributed by atoms with Crippen molar-refractivity contribution in [3.8, 4) is 5.75 Å². The minimum atomic E-state index is -0.252. The molecule has 2 heterocycles. The van der Waals surface area contributed by atoms with Gasteiger partial charge in [-0.1, -0.05) is 4.49 Å². The monoisotopic (exact) mass is 250 g/mol. The Kier molecular flexibility index (Phi) is 3.65. The summed E-state index contributed by atoms with van der Waals surface area (Å²) < 4.78 is 9.38. The molecule has 0 aromatic carbocycles. The van der Waals surface area contributed by atoms with Gasteiger partial charge in [0.2, 0.25) is 0 Å². The average molecular weight is 250 g/mol. The molecule has 90 valence electrons. The third kappa shape index (κ3) is 2.98. The van der Waals surface area contributed by atoms with Gasteiger partial charge in [0.1, 0.15) is 5.75 Å². The second-order valence-corrected chi connectivity index (χ2v) is 4.74. The first-order valence-corrected chi connectivity index (χ1v) is 6.08. The lowest BCUT2D eigenvalue weighted by Crippen LogP contribution is -2.12. The summed E-state index contributed by atoms with van der Waals surface area (Å²) in [6, 6.07) is 1.65. The lowest BCUT2D eigenvalue weighted by Gasteiger charge is -2.12. The van der Waals surface area contributed by atoms with Crippen molar-refractivity contribution >= 4 is 11.5 Å². The zero-order chi connectivity index (χ0) is 12.3. The van der Waals surface area contributed by atoms with E-state index in [1.54, 1.807) is 18.6 Å². The fraction of sp³-hybridized carbons (Fsp3) is 0.364. The summed E-state index contributed by atoms with van der Waals surface area (Å²) in [5, 5.41) is 3.78. The van der Waals surface area contributed by atoms with E-state index < -0.39 is 0 Å². The average Bonchev–Trinajstić information content (AvgIpc) is 2.81. The van der Waals surface area contributed by atoms with E-state index in [1.165, 1.54) is 11.5 Å². The van der Waals surface area contributed by atoms with Gasteiger partial charge in [0.15, 0.2) is 0 Å². The van der Waals surface area contributed by atoms with Crippen LogP contribution in [0.25, 0.3) is 0 Å². The van der Waals surface area contributed by atoms with Gasteiger partial charge in [-0.2, -0.15) is 0 Å². The molecule has 0 saturated carbocycles. The first kappa shape index (κ1) is 11.9. The standard InChI is InChI=1S/C11H14N4OS/c1-7(2)16-9-3-8(4-13-5-9)11(12)10-6-14-15-17-10/h3-7,11H,12H2,1-2H3. The third-order valence-corrected chi connectivity index (χ3v) is 2.90. The maximum Gasteiger partial charge on any atom is 0.138 e. The molecule has 2 N–H and O–H groups in total. The third-order valence-electron chi connectivity index (χ3n) is 2.15. The Hall–Kier alpha value is -1.53. The maximum absolute atomic E-state index is 6.10. The number of pyridine rings is 1. The molecule has 17 heavy (non-hydrogen) atoms. The van der Waals surface area contributed by atoms with Gasteiger partial charge in [0, 0.05) is 6.20 Å². The summed E-state index contributed by atoms with van der Waals surface area (Å²) in [5.74, 6) is 0.727. The van der Waals surface area contributed by atoms with Crippen LogP contribution in [0.5, 0.6) is 5.75 Å². The summed E-state index contributed by atoms with van der Waals surface area (Å²) >= 11 is 1.29. The van der Waals surface area contributed by atoms with Crippen molar-refractivity contribution in [1.29, 1.82) is 0 Å². The van der Waals surface area contributed by atoms with Crippen molar-refractivity contribution in [2.75, 3.05) is 0 Å². The predicted octanol–water partition coefficient (Wildman–Crippen LogP) is 1.77. The van der Waals surface area contributed by atoms with Gasteiger partial charge in [0.25, 0.3) is 0 Å². The van der Waals surface area contributed by atoms with Crippen LogP contribution in [0.15, 0.2) is 24.7 Å². The number of nitrogens with two attached hydrogens (primary N) is 1. The summed E-state index contributed by atoms with van der Waals surface area (Å²) in [6.07, 6.45) is 5.21. The van der Waals surface area contributed by atoms with E-state index in [0.29, 0.717) is 0 Å². The molecule has 0 spiro atoms. The summed E-state index contributed by atoms with van der Waals surface area (Å²) in [6.45, 7) is 3.94. The molecular formula is C11H14N4OS. The first-order valence-electron chi connectivity index (χ1n) is 5.31. The van der Waals surface area contributed by atoms with E-state index in [9.17, 15) is 0 Å². The molecule has 5 nitrogen and oxygen atoms in total. The van der Waals surface area contributed by atoms with Gasteiger partial charge in [0.05, 0.1) is 29.4 Å². The molecule has 1 unspecified atom stereocenters. The SMILES string of the molecule is CC(C)Oc1cncc(C(N)c2cnns2)c1. The van der Waals surface area contributed by atoms with E-state index in [2.05, 4.69) is 14.6 Å². The lowest BCUT2D eigenvalue weighted by molar-refractivity contribution is 0.241. The maximum atomic E-state index is 6.10. The highest BCUT2D eigenvalue weighted by molar-refractivity contribution is 7.05. The van der Waals surface area contributed by atoms with Crippen LogP contribution in [0.1, 0.15) is 30.3 Å². The molecule has 0 saturated heterocycles. The molecule has 0 aliphatic rings. The van der Waals surface area contributed by atoms with Crippen molar-refractivity contribution < 1.29 is 4.74 Å². The summed E-state index contributed by atoms with van der Waals surface area (Å²) in [7, 11) is 0. The molecule has 2 rings (SSSR count). The molecule has 2 aromatic heterocycles. The van der Waals surface area contributed by atoms with E-state index in [1.807, 2.05) is 19.9 Å². The minimum Gasteiger partial charge on any atom is -0.489 e. The Morgan fingerprint density at radius 2 is 2.12 bits per heavy atom. The van der Waals surface area contributed by atoms with Crippen molar-refractivity contribution in [3.05, 3.63) is 35.1 Å². The second-order valence-electron chi connectivity index (χ2n) is 3.92. The van der Waals surface area contributed by atoms with Crippen molar-refractivity contribution in [1.82, 2.24) is 14.6 Å². The van der Waals surface area contributed by atoms with Gasteiger partial charge >= 0.3 is 0 Å². The van der Waals surface area contributed by atoms with Gasteiger partial charge in [-0.05, 0) is 37.0 Å². The van der Waals surface area contributed by atoms with E-state index in [0.717, 1.165) is 16.2 Å². The predicted molar refractivity (Wildman–Crippen MR) is 65.9 cm³/mol. The topological polar surface area (TPSA) is 73.9 Å². The molecule has 0 bridgehead atoms. The molecule has 0 amide bonds. The van der Waals surface area contributed by atoms with Crippen molar-refractivity contribution in [2.45, 2.75) is 26.0 Å². The lowest BCUT2D eigenvalue weighted by atomic mass is 10.1. The largest absolute Gasteiger partial charge is 0.489 e. The van der Waals surface area contributed by atoms with Crippen LogP contribution in [0.2, 0.25) is 0 Å². The highest BCUT2D eigenvalue weighted by Crippen LogP contribution is 2.23. The normalized spacial score (nSPS) is 12.7. The Labute approximate surface area is 104 Å². The second kappa shape index (κ2) is 5.20. The van der Waals surface area contributed by atoms with Gasteiger partial charge < -0.3 is 10.5 Å². The number of hydrogen-bond acceptors (Lipinski definition) is 6. The van der Waals surface area contributed by atoms with Gasteiger partial charge in [-0.3, -0.25) is 4.98 Å². The molecule has 2 aromatic rings. The highest BCUT2D eigenvalue weighted by atomic mass is 32.1. The highest BCUT2D eigenvalue weighted by Gasteiger charge is 2.12. The molecule has 0 fully saturated rings. The van der Waals surface area contributed by atoms with Crippen molar-refractivity contribution in [3.63, 3.8) is 0 Å². The van der Waals surface area contributed by atoms with Gasteiger partial charge in [-0.25, -0.2) is 0 Å². The molecule has 1 atom stereocenters.